The number of aromatic nitrogens is 3. The fraction of sp³-hybridized carbons (Fsp3) is 0.429. The molecule has 5 nitrogen and oxygen atoms in total. The second-order valence-corrected chi connectivity index (χ2v) is 5.36. The van der Waals surface area contributed by atoms with Gasteiger partial charge in [-0.25, -0.2) is 9.67 Å². The predicted molar refractivity (Wildman–Crippen MR) is 78.5 cm³/mol. The molecule has 0 spiro atoms. The Hall–Kier alpha value is -1.59. The van der Waals surface area contributed by atoms with Crippen LogP contribution < -0.4 is 5.73 Å². The van der Waals surface area contributed by atoms with Gasteiger partial charge >= 0.3 is 0 Å². The first-order chi connectivity index (χ1) is 9.66. The number of ether oxygens (including phenoxy) is 1. The van der Waals surface area contributed by atoms with Crippen molar-refractivity contribution in [3.8, 4) is 11.3 Å². The number of nitrogen functional groups attached to an aromatic ring is 1. The van der Waals surface area contributed by atoms with Crippen LogP contribution in [-0.2, 0) is 4.74 Å². The molecule has 1 aliphatic rings. The van der Waals surface area contributed by atoms with Crippen molar-refractivity contribution < 1.29 is 4.74 Å². The van der Waals surface area contributed by atoms with Crippen LogP contribution in [-0.4, -0.2) is 21.4 Å². The molecular formula is C14H17ClN4O. The molecule has 1 fully saturated rings. The molecule has 2 aromatic rings. The molecule has 0 aliphatic carbocycles. The highest BCUT2D eigenvalue weighted by Crippen LogP contribution is 2.35. The first-order valence-corrected chi connectivity index (χ1v) is 7.12. The van der Waals surface area contributed by atoms with E-state index in [2.05, 4.69) is 10.1 Å². The Morgan fingerprint density at radius 3 is 3.00 bits per heavy atom. The molecule has 1 aliphatic heterocycles. The Balaban J connectivity index is 2.05. The standard InChI is InChI=1S/C14H17ClN4O/c1-9-8-10(16)13(14(15)18-9)11-5-6-17-19(11)12-4-2-3-7-20-12/h5-6,8,12H,2-4,7H2,1H3,(H2,16,18). The third kappa shape index (κ3) is 2.39. The minimum absolute atomic E-state index is 0.0504. The number of hydrogen-bond donors (Lipinski definition) is 1. The van der Waals surface area contributed by atoms with Crippen LogP contribution in [0.2, 0.25) is 5.15 Å². The molecule has 0 radical (unpaired) electrons. The first kappa shape index (κ1) is 13.4. The summed E-state index contributed by atoms with van der Waals surface area (Å²) >= 11 is 6.26. The average Bonchev–Trinajstić information content (AvgIpc) is 2.87. The van der Waals surface area contributed by atoms with Crippen LogP contribution in [0.5, 0.6) is 0 Å². The van der Waals surface area contributed by atoms with Gasteiger partial charge in [0, 0.05) is 24.2 Å². The van der Waals surface area contributed by atoms with E-state index in [-0.39, 0.29) is 6.23 Å². The zero-order chi connectivity index (χ0) is 14.1. The van der Waals surface area contributed by atoms with Gasteiger partial charge < -0.3 is 10.5 Å². The van der Waals surface area contributed by atoms with E-state index in [9.17, 15) is 0 Å². The molecule has 1 saturated heterocycles. The van der Waals surface area contributed by atoms with Crippen molar-refractivity contribution >= 4 is 17.3 Å². The normalized spacial score (nSPS) is 19.2. The van der Waals surface area contributed by atoms with Gasteiger partial charge in [-0.2, -0.15) is 5.10 Å². The smallest absolute Gasteiger partial charge is 0.150 e. The number of rotatable bonds is 2. The summed E-state index contributed by atoms with van der Waals surface area (Å²) in [7, 11) is 0. The Morgan fingerprint density at radius 2 is 2.30 bits per heavy atom. The van der Waals surface area contributed by atoms with Gasteiger partial charge in [0.15, 0.2) is 6.23 Å². The van der Waals surface area contributed by atoms with Crippen molar-refractivity contribution in [1.29, 1.82) is 0 Å². The summed E-state index contributed by atoms with van der Waals surface area (Å²) in [6.45, 7) is 2.63. The van der Waals surface area contributed by atoms with E-state index in [4.69, 9.17) is 22.1 Å². The number of anilines is 1. The Morgan fingerprint density at radius 1 is 1.45 bits per heavy atom. The van der Waals surface area contributed by atoms with Crippen LogP contribution in [0.1, 0.15) is 31.2 Å². The summed E-state index contributed by atoms with van der Waals surface area (Å²) in [5.74, 6) is 0. The topological polar surface area (TPSA) is 66.0 Å². The van der Waals surface area contributed by atoms with Gasteiger partial charge in [-0.3, -0.25) is 0 Å². The van der Waals surface area contributed by atoms with E-state index < -0.39 is 0 Å². The third-order valence-electron chi connectivity index (χ3n) is 3.49. The highest BCUT2D eigenvalue weighted by atomic mass is 35.5. The SMILES string of the molecule is Cc1cc(N)c(-c2ccnn2C2CCCCO2)c(Cl)n1. The fourth-order valence-corrected chi connectivity index (χ4v) is 2.91. The van der Waals surface area contributed by atoms with E-state index in [0.717, 1.165) is 42.8 Å². The van der Waals surface area contributed by atoms with E-state index in [1.54, 1.807) is 6.20 Å². The van der Waals surface area contributed by atoms with Gasteiger partial charge in [0.2, 0.25) is 0 Å². The Bertz CT molecular complexity index is 596. The number of hydrogen-bond acceptors (Lipinski definition) is 4. The lowest BCUT2D eigenvalue weighted by Gasteiger charge is -2.25. The Labute approximate surface area is 122 Å². The molecule has 3 rings (SSSR count). The lowest BCUT2D eigenvalue weighted by Crippen LogP contribution is -2.20. The molecular weight excluding hydrogens is 276 g/mol. The summed E-state index contributed by atoms with van der Waals surface area (Å²) in [5.41, 5.74) is 9.10. The first-order valence-electron chi connectivity index (χ1n) is 6.75. The van der Waals surface area contributed by atoms with Gasteiger partial charge in [-0.1, -0.05) is 11.6 Å². The zero-order valence-electron chi connectivity index (χ0n) is 11.3. The number of halogens is 1. The van der Waals surface area contributed by atoms with E-state index in [1.807, 2.05) is 23.7 Å². The third-order valence-corrected chi connectivity index (χ3v) is 3.76. The van der Waals surface area contributed by atoms with Gasteiger partial charge in [-0.05, 0) is 38.3 Å². The summed E-state index contributed by atoms with van der Waals surface area (Å²) in [4.78, 5) is 4.28. The average molecular weight is 293 g/mol. The molecule has 1 atom stereocenters. The van der Waals surface area contributed by atoms with Crippen molar-refractivity contribution in [1.82, 2.24) is 14.8 Å². The second kappa shape index (κ2) is 5.42. The quantitative estimate of drug-likeness (QED) is 0.863. The monoisotopic (exact) mass is 292 g/mol. The molecule has 6 heteroatoms. The highest BCUT2D eigenvalue weighted by molar-refractivity contribution is 6.32. The van der Waals surface area contributed by atoms with E-state index in [0.29, 0.717) is 10.8 Å². The van der Waals surface area contributed by atoms with Crippen molar-refractivity contribution in [3.63, 3.8) is 0 Å². The lowest BCUT2D eigenvalue weighted by atomic mass is 10.1. The number of aryl methyl sites for hydroxylation is 1. The van der Waals surface area contributed by atoms with Crippen molar-refractivity contribution in [2.75, 3.05) is 12.3 Å². The highest BCUT2D eigenvalue weighted by Gasteiger charge is 2.22. The molecule has 0 saturated carbocycles. The molecule has 0 aromatic carbocycles. The van der Waals surface area contributed by atoms with E-state index >= 15 is 0 Å². The lowest BCUT2D eigenvalue weighted by molar-refractivity contribution is -0.0383. The molecule has 20 heavy (non-hydrogen) atoms. The predicted octanol–water partition coefficient (Wildman–Crippen LogP) is 3.19. The van der Waals surface area contributed by atoms with Crippen LogP contribution in [0.15, 0.2) is 18.3 Å². The number of pyridine rings is 1. The molecule has 106 valence electrons. The van der Waals surface area contributed by atoms with E-state index in [1.165, 1.54) is 0 Å². The molecule has 3 heterocycles. The van der Waals surface area contributed by atoms with Crippen LogP contribution in [0, 0.1) is 6.92 Å². The van der Waals surface area contributed by atoms with Crippen molar-refractivity contribution in [2.45, 2.75) is 32.4 Å². The number of nitrogens with two attached hydrogens (primary N) is 1. The van der Waals surface area contributed by atoms with Crippen LogP contribution in [0.3, 0.4) is 0 Å². The minimum atomic E-state index is -0.0504. The fourth-order valence-electron chi connectivity index (χ4n) is 2.57. The maximum atomic E-state index is 6.26. The summed E-state index contributed by atoms with van der Waals surface area (Å²) < 4.78 is 7.64. The summed E-state index contributed by atoms with van der Waals surface area (Å²) in [5, 5.41) is 4.77. The van der Waals surface area contributed by atoms with Crippen molar-refractivity contribution in [2.24, 2.45) is 0 Å². The second-order valence-electron chi connectivity index (χ2n) is 5.00. The zero-order valence-corrected chi connectivity index (χ0v) is 12.1. The maximum Gasteiger partial charge on any atom is 0.150 e. The summed E-state index contributed by atoms with van der Waals surface area (Å²) in [6.07, 6.45) is 4.88. The van der Waals surface area contributed by atoms with Gasteiger partial charge in [-0.15, -0.1) is 0 Å². The number of nitrogens with zero attached hydrogens (tertiary/aromatic N) is 3. The Kier molecular flexibility index (Phi) is 3.63. The van der Waals surface area contributed by atoms with Crippen LogP contribution in [0.4, 0.5) is 5.69 Å². The minimum Gasteiger partial charge on any atom is -0.398 e. The molecule has 0 amide bonds. The van der Waals surface area contributed by atoms with Crippen LogP contribution >= 0.6 is 11.6 Å². The van der Waals surface area contributed by atoms with Crippen molar-refractivity contribution in [3.05, 3.63) is 29.2 Å². The van der Waals surface area contributed by atoms with Gasteiger partial charge in [0.25, 0.3) is 0 Å². The van der Waals surface area contributed by atoms with Crippen LogP contribution in [0.25, 0.3) is 11.3 Å². The molecule has 2 N–H and O–H groups in total. The molecule has 0 bridgehead atoms. The largest absolute Gasteiger partial charge is 0.398 e. The molecule has 1 unspecified atom stereocenters. The maximum absolute atomic E-state index is 6.26. The molecule has 2 aromatic heterocycles. The van der Waals surface area contributed by atoms with Gasteiger partial charge in [0.05, 0.1) is 11.3 Å². The summed E-state index contributed by atoms with van der Waals surface area (Å²) in [6, 6.07) is 3.72. The van der Waals surface area contributed by atoms with Gasteiger partial charge in [0.1, 0.15) is 5.15 Å².